The van der Waals surface area contributed by atoms with Gasteiger partial charge < -0.3 is 4.74 Å². The van der Waals surface area contributed by atoms with Crippen LogP contribution in [-0.4, -0.2) is 13.1 Å². The highest BCUT2D eigenvalue weighted by Gasteiger charge is 2.64. The quantitative estimate of drug-likeness (QED) is 0.441. The summed E-state index contributed by atoms with van der Waals surface area (Å²) >= 11 is 0. The Hall–Kier alpha value is -0.790. The molecule has 4 rings (SSSR count). The van der Waals surface area contributed by atoms with Gasteiger partial charge in [0.05, 0.1) is 7.11 Å². The first-order valence-electron chi connectivity index (χ1n) is 7.87. The zero-order valence-corrected chi connectivity index (χ0v) is 12.0. The number of fused-ring (bicyclic) bond motifs is 9. The molecule has 4 aliphatic rings. The van der Waals surface area contributed by atoms with Crippen LogP contribution in [0.5, 0.6) is 0 Å². The van der Waals surface area contributed by atoms with Crippen LogP contribution < -0.4 is 0 Å². The Morgan fingerprint density at radius 1 is 1.26 bits per heavy atom. The molecule has 7 unspecified atom stereocenters. The third-order valence-electron chi connectivity index (χ3n) is 6.90. The summed E-state index contributed by atoms with van der Waals surface area (Å²) < 4.78 is 4.82. The van der Waals surface area contributed by atoms with Crippen LogP contribution in [0.25, 0.3) is 0 Å². The van der Waals surface area contributed by atoms with Gasteiger partial charge in [0.2, 0.25) is 0 Å². The fraction of sp³-hybridized carbons (Fsp3) is 0.824. The van der Waals surface area contributed by atoms with Crippen molar-refractivity contribution in [3.05, 3.63) is 12.2 Å². The third kappa shape index (κ3) is 1.52. The van der Waals surface area contributed by atoms with Gasteiger partial charge in [0, 0.05) is 6.42 Å². The van der Waals surface area contributed by atoms with Crippen LogP contribution in [-0.2, 0) is 9.53 Å². The summed E-state index contributed by atoms with van der Waals surface area (Å²) in [6.45, 7) is 2.44. The minimum atomic E-state index is -0.0339. The number of hydrogen-bond donors (Lipinski definition) is 0. The van der Waals surface area contributed by atoms with E-state index in [-0.39, 0.29) is 5.97 Å². The van der Waals surface area contributed by atoms with Gasteiger partial charge in [-0.05, 0) is 66.6 Å². The lowest BCUT2D eigenvalue weighted by atomic mass is 9.61. The van der Waals surface area contributed by atoms with Gasteiger partial charge in [0.1, 0.15) is 0 Å². The molecule has 0 amide bonds. The van der Waals surface area contributed by atoms with Crippen molar-refractivity contribution in [2.75, 3.05) is 7.11 Å². The second-order valence-corrected chi connectivity index (χ2v) is 7.64. The summed E-state index contributed by atoms with van der Waals surface area (Å²) in [4.78, 5) is 11.4. The molecule has 0 spiro atoms. The Labute approximate surface area is 115 Å². The van der Waals surface area contributed by atoms with Gasteiger partial charge in [-0.1, -0.05) is 19.1 Å². The molecule has 19 heavy (non-hydrogen) atoms. The minimum absolute atomic E-state index is 0.0339. The van der Waals surface area contributed by atoms with Crippen molar-refractivity contribution >= 4 is 5.97 Å². The Bertz CT molecular complexity index is 441. The molecule has 0 heterocycles. The molecule has 3 fully saturated rings. The maximum absolute atomic E-state index is 11.4. The van der Waals surface area contributed by atoms with Crippen LogP contribution in [0.15, 0.2) is 12.2 Å². The van der Waals surface area contributed by atoms with Crippen LogP contribution in [0.2, 0.25) is 0 Å². The molecular formula is C17H24O2. The lowest BCUT2D eigenvalue weighted by molar-refractivity contribution is -0.141. The summed E-state index contributed by atoms with van der Waals surface area (Å²) in [5.74, 6) is 5.47. The first kappa shape index (κ1) is 12.0. The first-order chi connectivity index (χ1) is 9.12. The number of rotatable bonds is 3. The molecule has 0 aromatic heterocycles. The summed E-state index contributed by atoms with van der Waals surface area (Å²) in [7, 11) is 1.50. The zero-order chi connectivity index (χ0) is 13.2. The molecule has 0 saturated heterocycles. The van der Waals surface area contributed by atoms with E-state index in [2.05, 4.69) is 19.1 Å². The smallest absolute Gasteiger partial charge is 0.305 e. The van der Waals surface area contributed by atoms with E-state index in [1.807, 2.05) is 0 Å². The number of methoxy groups -OCH3 is 1. The molecule has 0 aliphatic heterocycles. The van der Waals surface area contributed by atoms with Crippen LogP contribution in [0.1, 0.15) is 39.0 Å². The first-order valence-corrected chi connectivity index (χ1v) is 7.87. The van der Waals surface area contributed by atoms with E-state index in [1.54, 1.807) is 0 Å². The Morgan fingerprint density at radius 2 is 2.00 bits per heavy atom. The molecule has 104 valence electrons. The molecule has 0 aromatic rings. The zero-order valence-electron chi connectivity index (χ0n) is 12.0. The van der Waals surface area contributed by atoms with Crippen LogP contribution in [0.4, 0.5) is 0 Å². The Morgan fingerprint density at radius 3 is 2.74 bits per heavy atom. The monoisotopic (exact) mass is 260 g/mol. The topological polar surface area (TPSA) is 26.3 Å². The molecule has 4 bridgehead atoms. The number of ether oxygens (including phenoxy) is 1. The number of carbonyl (C=O) groups is 1. The number of carbonyl (C=O) groups excluding carboxylic acids is 1. The molecule has 2 heteroatoms. The molecule has 0 aromatic carbocycles. The second kappa shape index (κ2) is 3.86. The van der Waals surface area contributed by atoms with Crippen molar-refractivity contribution in [1.82, 2.24) is 0 Å². The summed E-state index contributed by atoms with van der Waals surface area (Å²) in [5, 5.41) is 0. The molecule has 0 radical (unpaired) electrons. The van der Waals surface area contributed by atoms with Crippen molar-refractivity contribution in [2.45, 2.75) is 39.0 Å². The standard InChI is InChI=1S/C17H24O2/c1-17(6-5-14(18)19-2)9-12-8-13(17)16-11-4-3-10(7-11)15(12)16/h3-4,10-13,15-16H,5-9H2,1-2H3. The molecular weight excluding hydrogens is 236 g/mol. The average Bonchev–Trinajstić information content (AvgIpc) is 3.12. The van der Waals surface area contributed by atoms with Gasteiger partial charge in [-0.3, -0.25) is 4.79 Å². The molecule has 2 nitrogen and oxygen atoms in total. The Kier molecular flexibility index (Phi) is 2.44. The van der Waals surface area contributed by atoms with E-state index >= 15 is 0 Å². The second-order valence-electron chi connectivity index (χ2n) is 7.64. The maximum Gasteiger partial charge on any atom is 0.305 e. The van der Waals surface area contributed by atoms with Gasteiger partial charge in [-0.25, -0.2) is 0 Å². The number of esters is 1. The number of hydrogen-bond acceptors (Lipinski definition) is 2. The minimum Gasteiger partial charge on any atom is -0.469 e. The van der Waals surface area contributed by atoms with E-state index in [0.29, 0.717) is 11.8 Å². The van der Waals surface area contributed by atoms with Crippen molar-refractivity contribution in [1.29, 1.82) is 0 Å². The van der Waals surface area contributed by atoms with Crippen LogP contribution in [0, 0.1) is 40.9 Å². The lowest BCUT2D eigenvalue weighted by Gasteiger charge is -2.43. The highest BCUT2D eigenvalue weighted by atomic mass is 16.5. The summed E-state index contributed by atoms with van der Waals surface area (Å²) in [6, 6.07) is 0. The predicted octanol–water partition coefficient (Wildman–Crippen LogP) is 3.42. The van der Waals surface area contributed by atoms with Gasteiger partial charge in [0.25, 0.3) is 0 Å². The molecule has 4 aliphatic carbocycles. The maximum atomic E-state index is 11.4. The summed E-state index contributed by atoms with van der Waals surface area (Å²) in [5.41, 5.74) is 0.401. The Balaban J connectivity index is 1.52. The van der Waals surface area contributed by atoms with E-state index in [9.17, 15) is 4.79 Å². The lowest BCUT2D eigenvalue weighted by Crippen LogP contribution is -2.37. The van der Waals surface area contributed by atoms with E-state index in [0.717, 1.165) is 41.9 Å². The van der Waals surface area contributed by atoms with Gasteiger partial charge in [-0.15, -0.1) is 0 Å². The molecule has 7 atom stereocenters. The van der Waals surface area contributed by atoms with E-state index in [4.69, 9.17) is 4.74 Å². The highest BCUT2D eigenvalue weighted by molar-refractivity contribution is 5.69. The van der Waals surface area contributed by atoms with Gasteiger partial charge in [0.15, 0.2) is 0 Å². The normalized spacial score (nSPS) is 52.7. The average molecular weight is 260 g/mol. The van der Waals surface area contributed by atoms with Crippen molar-refractivity contribution in [3.8, 4) is 0 Å². The van der Waals surface area contributed by atoms with E-state index in [1.165, 1.54) is 26.4 Å². The number of allylic oxidation sites excluding steroid dienone is 2. The van der Waals surface area contributed by atoms with Crippen molar-refractivity contribution in [2.24, 2.45) is 40.9 Å². The van der Waals surface area contributed by atoms with Crippen LogP contribution in [0.3, 0.4) is 0 Å². The van der Waals surface area contributed by atoms with Gasteiger partial charge >= 0.3 is 5.97 Å². The predicted molar refractivity (Wildman–Crippen MR) is 73.3 cm³/mol. The third-order valence-corrected chi connectivity index (χ3v) is 6.90. The van der Waals surface area contributed by atoms with E-state index < -0.39 is 0 Å². The van der Waals surface area contributed by atoms with Crippen molar-refractivity contribution in [3.63, 3.8) is 0 Å². The fourth-order valence-electron chi connectivity index (χ4n) is 6.27. The van der Waals surface area contributed by atoms with Gasteiger partial charge in [-0.2, -0.15) is 0 Å². The summed E-state index contributed by atoms with van der Waals surface area (Å²) in [6.07, 6.45) is 10.8. The van der Waals surface area contributed by atoms with Crippen molar-refractivity contribution < 1.29 is 9.53 Å². The fourth-order valence-corrected chi connectivity index (χ4v) is 6.27. The molecule has 0 N–H and O–H groups in total. The van der Waals surface area contributed by atoms with Crippen LogP contribution >= 0.6 is 0 Å². The highest BCUT2D eigenvalue weighted by Crippen LogP contribution is 2.71. The SMILES string of the molecule is COC(=O)CCC1(C)CC2CC1C1C3C=CC(C3)C21. The molecule has 3 saturated carbocycles. The largest absolute Gasteiger partial charge is 0.469 e.